The third kappa shape index (κ3) is 10.0. The van der Waals surface area contributed by atoms with E-state index in [1.54, 1.807) is 20.8 Å². The smallest absolute Gasteiger partial charge is 0.407 e. The quantitative estimate of drug-likeness (QED) is 0.538. The Morgan fingerprint density at radius 2 is 1.79 bits per heavy atom. The molecular formula is C16H31N3O5. The van der Waals surface area contributed by atoms with Crippen LogP contribution in [0.25, 0.3) is 0 Å². The van der Waals surface area contributed by atoms with Crippen molar-refractivity contribution in [2.75, 3.05) is 13.7 Å². The normalized spacial score (nSPS) is 13.6. The Labute approximate surface area is 143 Å². The summed E-state index contributed by atoms with van der Waals surface area (Å²) in [6, 6.07) is -1.54. The molecule has 0 unspecified atom stereocenters. The van der Waals surface area contributed by atoms with Crippen LogP contribution in [0.3, 0.4) is 0 Å². The molecule has 140 valence electrons. The molecule has 0 aromatic heterocycles. The summed E-state index contributed by atoms with van der Waals surface area (Å²) in [4.78, 5) is 35.3. The van der Waals surface area contributed by atoms with Gasteiger partial charge in [-0.2, -0.15) is 0 Å². The fourth-order valence-electron chi connectivity index (χ4n) is 1.86. The maximum absolute atomic E-state index is 12.0. The molecule has 24 heavy (non-hydrogen) atoms. The van der Waals surface area contributed by atoms with E-state index < -0.39 is 35.7 Å². The zero-order chi connectivity index (χ0) is 18.8. The number of rotatable bonds is 9. The molecule has 0 saturated heterocycles. The molecule has 2 amide bonds. The van der Waals surface area contributed by atoms with Gasteiger partial charge >= 0.3 is 12.1 Å². The van der Waals surface area contributed by atoms with Crippen LogP contribution in [0.4, 0.5) is 4.79 Å². The van der Waals surface area contributed by atoms with Crippen molar-refractivity contribution in [2.24, 2.45) is 5.73 Å². The zero-order valence-corrected chi connectivity index (χ0v) is 15.3. The summed E-state index contributed by atoms with van der Waals surface area (Å²) >= 11 is 0. The fourth-order valence-corrected chi connectivity index (χ4v) is 1.86. The summed E-state index contributed by atoms with van der Waals surface area (Å²) < 4.78 is 9.77. The number of methoxy groups -OCH3 is 1. The molecule has 8 nitrogen and oxygen atoms in total. The van der Waals surface area contributed by atoms with Crippen molar-refractivity contribution in [3.8, 4) is 0 Å². The fraction of sp³-hybridized carbons (Fsp3) is 0.812. The number of hydrogen-bond acceptors (Lipinski definition) is 6. The summed E-state index contributed by atoms with van der Waals surface area (Å²) in [6.07, 6.45) is 1.90. The van der Waals surface area contributed by atoms with Gasteiger partial charge in [-0.3, -0.25) is 4.79 Å². The van der Waals surface area contributed by atoms with Crippen LogP contribution in [0.2, 0.25) is 0 Å². The zero-order valence-electron chi connectivity index (χ0n) is 15.3. The highest BCUT2D eigenvalue weighted by Crippen LogP contribution is 2.06. The maximum atomic E-state index is 12.0. The van der Waals surface area contributed by atoms with E-state index in [0.717, 1.165) is 12.8 Å². The molecule has 2 atom stereocenters. The lowest BCUT2D eigenvalue weighted by atomic mass is 10.1. The second-order valence-electron chi connectivity index (χ2n) is 6.55. The van der Waals surface area contributed by atoms with E-state index in [9.17, 15) is 14.4 Å². The second kappa shape index (κ2) is 10.9. The van der Waals surface area contributed by atoms with Crippen molar-refractivity contribution in [2.45, 2.75) is 71.1 Å². The molecule has 4 N–H and O–H groups in total. The van der Waals surface area contributed by atoms with Crippen molar-refractivity contribution in [1.82, 2.24) is 10.6 Å². The molecule has 0 bridgehead atoms. The number of nitrogens with one attached hydrogen (secondary N) is 2. The van der Waals surface area contributed by atoms with Crippen molar-refractivity contribution < 1.29 is 23.9 Å². The summed E-state index contributed by atoms with van der Waals surface area (Å²) in [5.41, 5.74) is 5.18. The molecule has 8 heteroatoms. The van der Waals surface area contributed by atoms with Crippen molar-refractivity contribution >= 4 is 18.0 Å². The Morgan fingerprint density at radius 3 is 2.29 bits per heavy atom. The first-order valence-electron chi connectivity index (χ1n) is 8.21. The minimum Gasteiger partial charge on any atom is -0.467 e. The van der Waals surface area contributed by atoms with E-state index >= 15 is 0 Å². The number of amides is 2. The highest BCUT2D eigenvalue weighted by molar-refractivity contribution is 5.87. The Morgan fingerprint density at radius 1 is 1.17 bits per heavy atom. The molecule has 0 heterocycles. The van der Waals surface area contributed by atoms with E-state index in [2.05, 4.69) is 15.4 Å². The molecule has 0 aromatic rings. The Kier molecular flexibility index (Phi) is 10.0. The summed E-state index contributed by atoms with van der Waals surface area (Å²) in [5, 5.41) is 5.10. The third-order valence-corrected chi connectivity index (χ3v) is 3.11. The van der Waals surface area contributed by atoms with Gasteiger partial charge in [0.1, 0.15) is 11.6 Å². The number of unbranched alkanes of at least 4 members (excludes halogenated alkanes) is 1. The lowest BCUT2D eigenvalue weighted by Gasteiger charge is -2.21. The van der Waals surface area contributed by atoms with E-state index in [1.807, 2.05) is 6.92 Å². The van der Waals surface area contributed by atoms with Gasteiger partial charge < -0.3 is 25.8 Å². The van der Waals surface area contributed by atoms with Gasteiger partial charge in [0.05, 0.1) is 13.2 Å². The molecule has 0 aliphatic rings. The van der Waals surface area contributed by atoms with Crippen LogP contribution >= 0.6 is 0 Å². The first-order chi connectivity index (χ1) is 11.1. The average Bonchev–Trinajstić information content (AvgIpc) is 2.48. The van der Waals surface area contributed by atoms with Crippen LogP contribution in [-0.2, 0) is 19.1 Å². The van der Waals surface area contributed by atoms with Gasteiger partial charge in [-0.05, 0) is 33.6 Å². The second-order valence-corrected chi connectivity index (χ2v) is 6.55. The molecule has 0 aliphatic heterocycles. The Hall–Kier alpha value is -1.83. The lowest BCUT2D eigenvalue weighted by Crippen LogP contribution is -2.49. The van der Waals surface area contributed by atoms with Crippen LogP contribution in [-0.4, -0.2) is 49.3 Å². The maximum Gasteiger partial charge on any atom is 0.407 e. The van der Waals surface area contributed by atoms with Crippen LogP contribution in [0, 0.1) is 0 Å². The summed E-state index contributed by atoms with van der Waals surface area (Å²) in [5.74, 6) is -0.992. The van der Waals surface area contributed by atoms with Gasteiger partial charge in [0.15, 0.2) is 0 Å². The van der Waals surface area contributed by atoms with Crippen LogP contribution in [0.1, 0.15) is 53.4 Å². The predicted molar refractivity (Wildman–Crippen MR) is 90.3 cm³/mol. The van der Waals surface area contributed by atoms with Crippen molar-refractivity contribution in [3.63, 3.8) is 0 Å². The largest absolute Gasteiger partial charge is 0.467 e. The van der Waals surface area contributed by atoms with Crippen molar-refractivity contribution in [3.05, 3.63) is 0 Å². The van der Waals surface area contributed by atoms with Gasteiger partial charge in [0.25, 0.3) is 0 Å². The number of carbonyl (C=O) groups excluding carboxylic acids is 3. The monoisotopic (exact) mass is 345 g/mol. The standard InChI is InChI=1S/C16H31N3O5/c1-6-7-8-11(17)13(20)19-12(14(21)23-5)9-10-18-15(22)24-16(2,3)4/h11-12H,6-10,17H2,1-5H3,(H,18,22)(H,19,20)/t11-,12-/m0/s1. The highest BCUT2D eigenvalue weighted by Gasteiger charge is 2.24. The van der Waals surface area contributed by atoms with Crippen molar-refractivity contribution in [1.29, 1.82) is 0 Å². The number of alkyl carbamates (subject to hydrolysis) is 1. The minimum atomic E-state index is -0.870. The number of esters is 1. The van der Waals surface area contributed by atoms with Gasteiger partial charge in [0, 0.05) is 6.54 Å². The topological polar surface area (TPSA) is 120 Å². The summed E-state index contributed by atoms with van der Waals surface area (Å²) in [6.45, 7) is 7.41. The number of nitrogens with two attached hydrogens (primary N) is 1. The van der Waals surface area contributed by atoms with E-state index in [1.165, 1.54) is 7.11 Å². The molecule has 0 aromatic carbocycles. The van der Waals surface area contributed by atoms with E-state index in [-0.39, 0.29) is 13.0 Å². The Balaban J connectivity index is 4.45. The van der Waals surface area contributed by atoms with Crippen LogP contribution < -0.4 is 16.4 Å². The van der Waals surface area contributed by atoms with E-state index in [0.29, 0.717) is 6.42 Å². The molecular weight excluding hydrogens is 314 g/mol. The Bertz CT molecular complexity index is 420. The lowest BCUT2D eigenvalue weighted by molar-refractivity contribution is -0.145. The molecule has 0 rings (SSSR count). The van der Waals surface area contributed by atoms with Crippen LogP contribution in [0.5, 0.6) is 0 Å². The van der Waals surface area contributed by atoms with Crippen LogP contribution in [0.15, 0.2) is 0 Å². The summed E-state index contributed by atoms with van der Waals surface area (Å²) in [7, 11) is 1.24. The number of carbonyl (C=O) groups is 3. The molecule has 0 saturated carbocycles. The first kappa shape index (κ1) is 22.2. The molecule has 0 aliphatic carbocycles. The van der Waals surface area contributed by atoms with Gasteiger partial charge in [-0.1, -0.05) is 19.8 Å². The van der Waals surface area contributed by atoms with Gasteiger partial charge in [0.2, 0.25) is 5.91 Å². The minimum absolute atomic E-state index is 0.152. The highest BCUT2D eigenvalue weighted by atomic mass is 16.6. The number of ether oxygens (including phenoxy) is 2. The molecule has 0 spiro atoms. The number of hydrogen-bond donors (Lipinski definition) is 3. The van der Waals surface area contributed by atoms with E-state index in [4.69, 9.17) is 10.5 Å². The third-order valence-electron chi connectivity index (χ3n) is 3.11. The average molecular weight is 345 g/mol. The van der Waals surface area contributed by atoms with Gasteiger partial charge in [-0.15, -0.1) is 0 Å². The SMILES string of the molecule is CCCC[C@H](N)C(=O)N[C@@H](CCNC(=O)OC(C)(C)C)C(=O)OC. The molecule has 0 fully saturated rings. The predicted octanol–water partition coefficient (Wildman–Crippen LogP) is 1.08. The first-order valence-corrected chi connectivity index (χ1v) is 8.21. The van der Waals surface area contributed by atoms with Gasteiger partial charge in [-0.25, -0.2) is 9.59 Å². The molecule has 0 radical (unpaired) electrons.